The smallest absolute Gasteiger partial charge is 0.374 e. The Morgan fingerprint density at radius 3 is 2.16 bits per heavy atom. The van der Waals surface area contributed by atoms with Crippen LogP contribution in [0.2, 0.25) is 0 Å². The molecule has 0 amide bonds. The third-order valence-corrected chi connectivity index (χ3v) is 16.6. The summed E-state index contributed by atoms with van der Waals surface area (Å²) in [6.45, 7) is 13.3. The first-order valence-corrected chi connectivity index (χ1v) is 28.5. The Balaban J connectivity index is 0.000000175. The maximum Gasteiger partial charge on any atom is 0.374 e. The molecule has 2 aliphatic heterocycles. The van der Waals surface area contributed by atoms with E-state index < -0.39 is 15.9 Å². The lowest BCUT2D eigenvalue weighted by Gasteiger charge is -2.31. The van der Waals surface area contributed by atoms with Crippen LogP contribution in [-0.2, 0) is 23.7 Å². The van der Waals surface area contributed by atoms with Gasteiger partial charge in [0.05, 0.1) is 38.4 Å². The van der Waals surface area contributed by atoms with E-state index in [2.05, 4.69) is 122 Å². The highest BCUT2D eigenvalue weighted by Gasteiger charge is 2.31. The van der Waals surface area contributed by atoms with Gasteiger partial charge in [-0.3, -0.25) is 0 Å². The summed E-state index contributed by atoms with van der Waals surface area (Å²) in [7, 11) is -2.47. The first-order valence-electron chi connectivity index (χ1n) is 25.3. The lowest BCUT2D eigenvalue weighted by molar-refractivity contribution is -0.665. The molecular weight excluding hydrogens is 977 g/mol. The van der Waals surface area contributed by atoms with Gasteiger partial charge in [-0.1, -0.05) is 147 Å². The molecule has 4 heterocycles. The van der Waals surface area contributed by atoms with Gasteiger partial charge in [-0.25, -0.2) is 8.42 Å². The van der Waals surface area contributed by atoms with E-state index in [1.54, 1.807) is 4.90 Å². The third-order valence-electron chi connectivity index (χ3n) is 13.7. The summed E-state index contributed by atoms with van der Waals surface area (Å²) >= 11 is 3.80. The van der Waals surface area contributed by atoms with Gasteiger partial charge in [0.2, 0.25) is 17.0 Å². The largest absolute Gasteiger partial charge is 0.748 e. The van der Waals surface area contributed by atoms with Crippen molar-refractivity contribution in [3.63, 3.8) is 0 Å². The number of aryl methyl sites for hydroxylation is 2. The van der Waals surface area contributed by atoms with Crippen LogP contribution < -0.4 is 23.7 Å². The van der Waals surface area contributed by atoms with Gasteiger partial charge >= 0.3 is 5.89 Å². The lowest BCUT2D eigenvalue weighted by atomic mass is 9.75. The van der Waals surface area contributed by atoms with E-state index in [1.165, 1.54) is 42.0 Å². The second-order valence-corrected chi connectivity index (χ2v) is 23.2. The number of fused-ring (bicyclic) bond motifs is 4. The van der Waals surface area contributed by atoms with Gasteiger partial charge in [0.15, 0.2) is 5.75 Å². The first kappa shape index (κ1) is 50.6. The Morgan fingerprint density at radius 2 is 1.45 bits per heavy atom. The molecule has 0 radical (unpaired) electrons. The van der Waals surface area contributed by atoms with Crippen LogP contribution in [0.5, 0.6) is 5.75 Å². The normalized spacial score (nSPS) is 16.9. The lowest BCUT2D eigenvalue weighted by Crippen LogP contribution is -2.33. The summed E-state index contributed by atoms with van der Waals surface area (Å²) in [5.41, 5.74) is 13.4. The van der Waals surface area contributed by atoms with Gasteiger partial charge in [-0.2, -0.15) is 9.13 Å². The molecule has 11 rings (SSSR count). The molecule has 74 heavy (non-hydrogen) atoms. The fourth-order valence-corrected chi connectivity index (χ4v) is 12.9. The van der Waals surface area contributed by atoms with Crippen molar-refractivity contribution in [3.8, 4) is 28.0 Å². The van der Waals surface area contributed by atoms with E-state index in [0.717, 1.165) is 64.9 Å². The predicted octanol–water partition coefficient (Wildman–Crippen LogP) is 14.5. The number of hydrogen-bond acceptors (Lipinski definition) is 9. The number of thioether (sulfide) groups is 1. The van der Waals surface area contributed by atoms with Gasteiger partial charge in [-0.05, 0) is 120 Å². The standard InChI is InChI=1S/C34H30N2O5S.C28H31N2S2/c1-3-24(20-33-35(2)29-22-27(14-16-31(29)40-33)25-10-6-4-7-11-25)21-34-36(18-19-42(37,38)39)30-23-28(15-17-32(30)41-34)26-12-8-5-9-13-26;1-5-29-22-11-7-9-13-24(22)31-26(29)16-20-15-21(19-28(3,4)18-20)17-27-30(6-2)23-12-8-10-14-25(23)32-27/h4-17,20-23H,3,18-19H2,1-2H3;7-17H,5-6,18-19H2,1-4H3/q;+1. The highest BCUT2D eigenvalue weighted by molar-refractivity contribution is 8.03. The number of rotatable bonds is 12. The molecule has 3 aliphatic rings. The zero-order valence-corrected chi connectivity index (χ0v) is 45.2. The highest BCUT2D eigenvalue weighted by Crippen LogP contribution is 2.48. The van der Waals surface area contributed by atoms with Crippen molar-refractivity contribution in [1.29, 1.82) is 0 Å². The van der Waals surface area contributed by atoms with Crippen LogP contribution in [0.3, 0.4) is 0 Å². The molecule has 1 aliphatic carbocycles. The molecule has 376 valence electrons. The van der Waals surface area contributed by atoms with Crippen molar-refractivity contribution in [2.75, 3.05) is 28.6 Å². The fourth-order valence-electron chi connectivity index (χ4n) is 10.1. The van der Waals surface area contributed by atoms with Gasteiger partial charge < -0.3 is 23.5 Å². The van der Waals surface area contributed by atoms with E-state index in [1.807, 2.05) is 133 Å². The maximum atomic E-state index is 11.6. The molecule has 0 bridgehead atoms. The molecule has 0 spiro atoms. The molecule has 0 atom stereocenters. The van der Waals surface area contributed by atoms with Crippen molar-refractivity contribution in [2.24, 2.45) is 12.5 Å². The Labute approximate surface area is 443 Å². The number of thiazole rings is 1. The van der Waals surface area contributed by atoms with E-state index >= 15 is 0 Å². The number of hydrogen-bond donors (Lipinski definition) is 0. The average molecular weight is 1040 g/mol. The molecule has 0 saturated heterocycles. The Kier molecular flexibility index (Phi) is 14.7. The van der Waals surface area contributed by atoms with E-state index in [9.17, 15) is 13.0 Å². The Morgan fingerprint density at radius 1 is 0.757 bits per heavy atom. The summed E-state index contributed by atoms with van der Waals surface area (Å²) < 4.78 is 53.0. The van der Waals surface area contributed by atoms with Crippen molar-refractivity contribution in [2.45, 2.75) is 65.3 Å². The molecule has 6 aromatic carbocycles. The third kappa shape index (κ3) is 11.1. The van der Waals surface area contributed by atoms with Gasteiger partial charge in [0, 0.05) is 42.3 Å². The number of benzene rings is 6. The van der Waals surface area contributed by atoms with Crippen LogP contribution in [-0.4, -0.2) is 31.8 Å². The summed E-state index contributed by atoms with van der Waals surface area (Å²) in [4.78, 5) is 5.57. The minimum Gasteiger partial charge on any atom is -0.748 e. The molecule has 12 heteroatoms. The molecule has 0 fully saturated rings. The van der Waals surface area contributed by atoms with Crippen LogP contribution >= 0.6 is 23.1 Å². The minimum absolute atomic E-state index is 0.0272. The van der Waals surface area contributed by atoms with Crippen LogP contribution in [0.4, 0.5) is 11.4 Å². The van der Waals surface area contributed by atoms with Crippen LogP contribution in [0.15, 0.2) is 201 Å². The van der Waals surface area contributed by atoms with Crippen LogP contribution in [0.1, 0.15) is 64.8 Å². The summed E-state index contributed by atoms with van der Waals surface area (Å²) in [5, 5.41) is 2.70. The SMILES string of the molecule is CCC(=Cc1oc2ccc(-c3ccccc3)cc2[n+]1C)C=C1Oc2ccc(-c3ccccc3)cc2N1CCS(=O)(=O)[O-].CCN1C(=CC2=CC(=Cc3sc4ccccc4[n+]3CC)CC(C)(C)C2)Sc2ccccc21. The monoisotopic (exact) mass is 1040 g/mol. The van der Waals surface area contributed by atoms with E-state index in [-0.39, 0.29) is 12.0 Å². The number of oxazole rings is 1. The van der Waals surface area contributed by atoms with Gasteiger partial charge in [-0.15, -0.1) is 0 Å². The molecule has 0 unspecified atom stereocenters. The van der Waals surface area contributed by atoms with Crippen LogP contribution in [0, 0.1) is 5.41 Å². The number of anilines is 2. The number of nitrogens with zero attached hydrogens (tertiary/aromatic N) is 4. The fraction of sp³-hybridized carbons (Fsp3) is 0.226. The second kappa shape index (κ2) is 21.5. The minimum atomic E-state index is -4.43. The summed E-state index contributed by atoms with van der Waals surface area (Å²) in [6, 6.07) is 49.5. The van der Waals surface area contributed by atoms with Gasteiger partial charge in [0.25, 0.3) is 10.5 Å². The van der Waals surface area contributed by atoms with Crippen LogP contribution in [0.25, 0.3) is 55.7 Å². The molecule has 0 N–H and O–H groups in total. The van der Waals surface area contributed by atoms with Crippen molar-refractivity contribution < 1.29 is 31.3 Å². The number of allylic oxidation sites excluding steroid dienone is 6. The van der Waals surface area contributed by atoms with Gasteiger partial charge in [0.1, 0.15) is 18.3 Å². The molecule has 9 nitrogen and oxygen atoms in total. The molecule has 8 aromatic rings. The first-order chi connectivity index (χ1) is 35.8. The highest BCUT2D eigenvalue weighted by atomic mass is 32.2. The zero-order chi connectivity index (χ0) is 51.6. The summed E-state index contributed by atoms with van der Waals surface area (Å²) in [6.07, 6.45) is 14.0. The Bertz CT molecular complexity index is 3660. The second-order valence-electron chi connectivity index (χ2n) is 19.6. The van der Waals surface area contributed by atoms with Crippen molar-refractivity contribution >= 4 is 78.1 Å². The zero-order valence-electron chi connectivity index (χ0n) is 42.7. The number of ether oxygens (including phenoxy) is 1. The number of aromatic nitrogens is 2. The molecule has 0 saturated carbocycles. The summed E-state index contributed by atoms with van der Waals surface area (Å²) in [5.74, 6) is 1.18. The Hall–Kier alpha value is -6.96. The average Bonchev–Trinajstić information content (AvgIpc) is 4.13. The number of para-hydroxylation sites is 2. The topological polar surface area (TPSA) is 93.8 Å². The predicted molar refractivity (Wildman–Crippen MR) is 304 cm³/mol. The maximum absolute atomic E-state index is 11.6. The molecular formula is C62H61N4O5S3+. The quantitative estimate of drug-likeness (QED) is 0.0882. The molecule has 2 aromatic heterocycles. The van der Waals surface area contributed by atoms with E-state index in [4.69, 9.17) is 9.15 Å². The van der Waals surface area contributed by atoms with Crippen molar-refractivity contribution in [1.82, 2.24) is 0 Å². The van der Waals surface area contributed by atoms with Crippen molar-refractivity contribution in [3.05, 3.63) is 202 Å². The van der Waals surface area contributed by atoms with E-state index in [0.29, 0.717) is 29.6 Å².